The van der Waals surface area contributed by atoms with Crippen molar-refractivity contribution in [1.29, 1.82) is 0 Å². The minimum atomic E-state index is -4.46. The van der Waals surface area contributed by atoms with E-state index in [1.54, 1.807) is 6.20 Å². The predicted octanol–water partition coefficient (Wildman–Crippen LogP) is 3.88. The van der Waals surface area contributed by atoms with E-state index in [0.29, 0.717) is 18.2 Å². The van der Waals surface area contributed by atoms with Gasteiger partial charge in [0.15, 0.2) is 0 Å². The summed E-state index contributed by atoms with van der Waals surface area (Å²) in [5.41, 5.74) is -0.0525. The lowest BCUT2D eigenvalue weighted by Gasteiger charge is -2.14. The molecule has 1 saturated carbocycles. The van der Waals surface area contributed by atoms with E-state index in [1.165, 1.54) is 10.6 Å². The zero-order valence-electron chi connectivity index (χ0n) is 10.5. The summed E-state index contributed by atoms with van der Waals surface area (Å²) < 4.78 is 46.0. The van der Waals surface area contributed by atoms with Crippen molar-refractivity contribution in [2.45, 2.75) is 24.9 Å². The van der Waals surface area contributed by atoms with Gasteiger partial charge < -0.3 is 9.14 Å². The minimum absolute atomic E-state index is 0.154. The zero-order chi connectivity index (χ0) is 14.3. The average Bonchev–Trinajstić information content (AvgIpc) is 3.12. The van der Waals surface area contributed by atoms with Crippen LogP contribution in [0.2, 0.25) is 0 Å². The number of ether oxygens (including phenoxy) is 1. The highest BCUT2D eigenvalue weighted by atomic mass is 35.5. The van der Waals surface area contributed by atoms with Crippen molar-refractivity contribution in [3.8, 4) is 5.75 Å². The molecule has 0 bridgehead atoms. The molecule has 3 rings (SSSR count). The van der Waals surface area contributed by atoms with Crippen LogP contribution in [0.25, 0.3) is 5.65 Å². The van der Waals surface area contributed by atoms with Gasteiger partial charge in [-0.15, -0.1) is 11.6 Å². The number of fused-ring (bicyclic) bond motifs is 1. The fourth-order valence-corrected chi connectivity index (χ4v) is 2.09. The van der Waals surface area contributed by atoms with E-state index in [1.807, 2.05) is 0 Å². The minimum Gasteiger partial charge on any atom is -0.491 e. The summed E-state index contributed by atoms with van der Waals surface area (Å²) in [7, 11) is 0. The van der Waals surface area contributed by atoms with Gasteiger partial charge in [-0.1, -0.05) is 0 Å². The van der Waals surface area contributed by atoms with Crippen molar-refractivity contribution in [3.63, 3.8) is 0 Å². The molecule has 1 fully saturated rings. The van der Waals surface area contributed by atoms with E-state index < -0.39 is 11.7 Å². The molecule has 3 nitrogen and oxygen atoms in total. The van der Waals surface area contributed by atoms with Crippen LogP contribution in [0.3, 0.4) is 0 Å². The van der Waals surface area contributed by atoms with Crippen LogP contribution in [0.5, 0.6) is 5.75 Å². The number of rotatable bonds is 4. The Kier molecular flexibility index (Phi) is 3.28. The number of nitrogens with zero attached hydrogens (tertiary/aromatic N) is 2. The monoisotopic (exact) mass is 304 g/mol. The molecule has 0 amide bonds. The number of alkyl halides is 4. The van der Waals surface area contributed by atoms with Gasteiger partial charge in [-0.25, -0.2) is 4.98 Å². The Hall–Kier alpha value is -1.43. The molecule has 0 aliphatic heterocycles. The predicted molar refractivity (Wildman–Crippen MR) is 68.0 cm³/mol. The van der Waals surface area contributed by atoms with Crippen LogP contribution >= 0.6 is 11.6 Å². The second kappa shape index (κ2) is 4.84. The summed E-state index contributed by atoms with van der Waals surface area (Å²) in [6, 6.07) is 0.998. The normalized spacial score (nSPS) is 15.8. The summed E-state index contributed by atoms with van der Waals surface area (Å²) in [6.45, 7) is 0.325. The lowest BCUT2D eigenvalue weighted by atomic mass is 10.2. The maximum Gasteiger partial charge on any atom is 0.420 e. The van der Waals surface area contributed by atoms with Gasteiger partial charge in [0, 0.05) is 6.20 Å². The highest BCUT2D eigenvalue weighted by Gasteiger charge is 2.36. The van der Waals surface area contributed by atoms with E-state index in [2.05, 4.69) is 4.98 Å². The maximum absolute atomic E-state index is 13.1. The first-order chi connectivity index (χ1) is 9.47. The van der Waals surface area contributed by atoms with Crippen LogP contribution in [-0.2, 0) is 12.1 Å². The smallest absolute Gasteiger partial charge is 0.420 e. The van der Waals surface area contributed by atoms with Gasteiger partial charge in [0.05, 0.1) is 24.4 Å². The number of hydrogen-bond acceptors (Lipinski definition) is 2. The third-order valence-electron chi connectivity index (χ3n) is 3.22. The fourth-order valence-electron chi connectivity index (χ4n) is 1.96. The van der Waals surface area contributed by atoms with Gasteiger partial charge in [-0.3, -0.25) is 0 Å². The molecule has 0 atom stereocenters. The molecule has 1 aliphatic carbocycles. The SMILES string of the molecule is FC(F)(F)c1cc2nc(CCl)cn2cc1OCC1CC1. The molecule has 0 spiro atoms. The van der Waals surface area contributed by atoms with Crippen molar-refractivity contribution < 1.29 is 17.9 Å². The molecule has 0 saturated heterocycles. The van der Waals surface area contributed by atoms with Crippen molar-refractivity contribution in [2.24, 2.45) is 5.92 Å². The standard InChI is InChI=1S/C13H12ClF3N2O/c14-4-9-5-19-6-11(20-7-8-1-2-8)10(13(15,16)17)3-12(19)18-9/h3,5-6,8H,1-2,4,7H2. The van der Waals surface area contributed by atoms with Gasteiger partial charge in [0.1, 0.15) is 17.0 Å². The topological polar surface area (TPSA) is 26.5 Å². The van der Waals surface area contributed by atoms with Crippen LogP contribution in [0.4, 0.5) is 13.2 Å². The van der Waals surface area contributed by atoms with E-state index in [9.17, 15) is 13.2 Å². The van der Waals surface area contributed by atoms with Crippen LogP contribution in [0.15, 0.2) is 18.5 Å². The largest absolute Gasteiger partial charge is 0.491 e. The number of aromatic nitrogens is 2. The molecular weight excluding hydrogens is 293 g/mol. The Bertz CT molecular complexity index is 634. The third kappa shape index (κ3) is 2.70. The Morgan fingerprint density at radius 1 is 1.35 bits per heavy atom. The first-order valence-electron chi connectivity index (χ1n) is 6.25. The average molecular weight is 305 g/mol. The maximum atomic E-state index is 13.1. The van der Waals surface area contributed by atoms with E-state index in [4.69, 9.17) is 16.3 Å². The van der Waals surface area contributed by atoms with Gasteiger partial charge in [-0.05, 0) is 24.8 Å². The van der Waals surface area contributed by atoms with Crippen LogP contribution in [0.1, 0.15) is 24.1 Å². The van der Waals surface area contributed by atoms with Crippen molar-refractivity contribution in [1.82, 2.24) is 9.38 Å². The third-order valence-corrected chi connectivity index (χ3v) is 3.49. The Morgan fingerprint density at radius 2 is 2.10 bits per heavy atom. The van der Waals surface area contributed by atoms with Crippen molar-refractivity contribution in [2.75, 3.05) is 6.61 Å². The number of imidazole rings is 1. The highest BCUT2D eigenvalue weighted by molar-refractivity contribution is 6.16. The molecule has 1 aliphatic rings. The fraction of sp³-hybridized carbons (Fsp3) is 0.462. The quantitative estimate of drug-likeness (QED) is 0.801. The summed E-state index contributed by atoms with van der Waals surface area (Å²) >= 11 is 5.65. The molecule has 2 aromatic heterocycles. The Balaban J connectivity index is 2.02. The van der Waals surface area contributed by atoms with Gasteiger partial charge in [0.2, 0.25) is 0 Å². The first kappa shape index (κ1) is 13.5. The van der Waals surface area contributed by atoms with Crippen LogP contribution in [0, 0.1) is 5.92 Å². The lowest BCUT2D eigenvalue weighted by molar-refractivity contribution is -0.139. The molecular formula is C13H12ClF3N2O. The summed E-state index contributed by atoms with van der Waals surface area (Å²) in [5.74, 6) is 0.379. The van der Waals surface area contributed by atoms with Gasteiger partial charge in [0.25, 0.3) is 0 Å². The number of pyridine rings is 1. The molecule has 7 heteroatoms. The summed E-state index contributed by atoms with van der Waals surface area (Å²) in [4.78, 5) is 4.03. The number of halogens is 4. The molecule has 2 heterocycles. The Labute approximate surface area is 118 Å². The second-order valence-electron chi connectivity index (χ2n) is 4.93. The van der Waals surface area contributed by atoms with Crippen LogP contribution < -0.4 is 4.74 Å². The van der Waals surface area contributed by atoms with Gasteiger partial charge in [-0.2, -0.15) is 13.2 Å². The van der Waals surface area contributed by atoms with E-state index in [-0.39, 0.29) is 17.3 Å². The van der Waals surface area contributed by atoms with E-state index >= 15 is 0 Å². The van der Waals surface area contributed by atoms with Crippen molar-refractivity contribution in [3.05, 3.63) is 29.7 Å². The molecule has 108 valence electrons. The highest BCUT2D eigenvalue weighted by Crippen LogP contribution is 2.38. The molecule has 2 aromatic rings. The number of hydrogen-bond donors (Lipinski definition) is 0. The van der Waals surface area contributed by atoms with Crippen molar-refractivity contribution >= 4 is 17.2 Å². The molecule has 0 radical (unpaired) electrons. The molecule has 0 N–H and O–H groups in total. The van der Waals surface area contributed by atoms with Gasteiger partial charge >= 0.3 is 6.18 Å². The molecule has 20 heavy (non-hydrogen) atoms. The molecule has 0 unspecified atom stereocenters. The summed E-state index contributed by atoms with van der Waals surface area (Å²) in [6.07, 6.45) is 0.500. The lowest BCUT2D eigenvalue weighted by Crippen LogP contribution is -2.11. The van der Waals surface area contributed by atoms with E-state index in [0.717, 1.165) is 18.9 Å². The zero-order valence-corrected chi connectivity index (χ0v) is 11.2. The molecule has 0 aromatic carbocycles. The Morgan fingerprint density at radius 3 is 2.70 bits per heavy atom. The first-order valence-corrected chi connectivity index (χ1v) is 6.78. The second-order valence-corrected chi connectivity index (χ2v) is 5.20. The summed E-state index contributed by atoms with van der Waals surface area (Å²) in [5, 5.41) is 0. The van der Waals surface area contributed by atoms with Crippen LogP contribution in [-0.4, -0.2) is 16.0 Å².